The van der Waals surface area contributed by atoms with E-state index in [-0.39, 0.29) is 12.0 Å². The minimum absolute atomic E-state index is 0.113. The monoisotopic (exact) mass is 437 g/mol. The van der Waals surface area contributed by atoms with E-state index < -0.39 is 41.2 Å². The van der Waals surface area contributed by atoms with Crippen LogP contribution in [0.5, 0.6) is 0 Å². The highest BCUT2D eigenvalue weighted by Crippen LogP contribution is 2.41. The molecule has 4 rings (SSSR count). The zero-order valence-electron chi connectivity index (χ0n) is 18.8. The van der Waals surface area contributed by atoms with Crippen molar-refractivity contribution in [2.75, 3.05) is 0 Å². The summed E-state index contributed by atoms with van der Waals surface area (Å²) in [6.07, 6.45) is -1.04. The molecule has 168 valence electrons. The van der Waals surface area contributed by atoms with Crippen LogP contribution in [0.15, 0.2) is 35.9 Å². The molecule has 0 radical (unpaired) electrons. The third-order valence-corrected chi connectivity index (χ3v) is 6.12. The zero-order chi connectivity index (χ0) is 23.4. The lowest BCUT2D eigenvalue weighted by molar-refractivity contribution is -0.164. The molecule has 2 heterocycles. The van der Waals surface area contributed by atoms with Crippen LogP contribution in [-0.2, 0) is 32.6 Å². The first-order valence-corrected chi connectivity index (χ1v) is 10.6. The number of rotatable bonds is 3. The van der Waals surface area contributed by atoms with Crippen molar-refractivity contribution in [3.63, 3.8) is 0 Å². The van der Waals surface area contributed by atoms with Gasteiger partial charge >= 0.3 is 11.9 Å². The van der Waals surface area contributed by atoms with E-state index in [2.05, 4.69) is 10.3 Å². The first-order valence-electron chi connectivity index (χ1n) is 10.6. The fraction of sp³-hybridized carbons (Fsp3) is 0.417. The molecular weight excluding hydrogens is 410 g/mol. The van der Waals surface area contributed by atoms with E-state index >= 15 is 0 Å². The van der Waals surface area contributed by atoms with Gasteiger partial charge in [-0.3, -0.25) is 14.4 Å². The molecule has 0 fully saturated rings. The predicted octanol–water partition coefficient (Wildman–Crippen LogP) is 2.57. The number of imidazole rings is 1. The lowest BCUT2D eigenvalue weighted by atomic mass is 9.77. The molecule has 8 heteroatoms. The van der Waals surface area contributed by atoms with Gasteiger partial charge in [0.2, 0.25) is 5.78 Å². The molecule has 2 N–H and O–H groups in total. The number of Topliss-reactive ketones (excluding diaryl/α,β-unsaturated/α-hetero) is 1. The number of hydrogen-bond acceptors (Lipinski definition) is 6. The first-order chi connectivity index (χ1) is 15.0. The number of carboxylic acids is 1. The van der Waals surface area contributed by atoms with Gasteiger partial charge in [0.05, 0.1) is 23.1 Å². The highest BCUT2D eigenvalue weighted by Gasteiger charge is 2.49. The fourth-order valence-corrected chi connectivity index (χ4v) is 4.21. The van der Waals surface area contributed by atoms with Gasteiger partial charge in [-0.05, 0) is 33.3 Å². The number of benzene rings is 1. The smallest absolute Gasteiger partial charge is 0.312 e. The topological polar surface area (TPSA) is 111 Å². The van der Waals surface area contributed by atoms with E-state index in [4.69, 9.17) is 4.74 Å². The summed E-state index contributed by atoms with van der Waals surface area (Å²) in [7, 11) is 1.83. The Morgan fingerprint density at radius 1 is 1.22 bits per heavy atom. The maximum Gasteiger partial charge on any atom is 0.312 e. The summed E-state index contributed by atoms with van der Waals surface area (Å²) in [5.74, 6) is -2.46. The van der Waals surface area contributed by atoms with Gasteiger partial charge in [-0.15, -0.1) is 0 Å². The Bertz CT molecular complexity index is 1140. The third kappa shape index (κ3) is 3.49. The third-order valence-electron chi connectivity index (χ3n) is 6.12. The molecule has 1 unspecified atom stereocenters. The van der Waals surface area contributed by atoms with Crippen molar-refractivity contribution >= 4 is 23.4 Å². The number of fused-ring (bicyclic) bond motifs is 2. The van der Waals surface area contributed by atoms with Gasteiger partial charge in [0.25, 0.3) is 0 Å². The molecule has 1 aliphatic carbocycles. The fourth-order valence-electron chi connectivity index (χ4n) is 4.21. The predicted molar refractivity (Wildman–Crippen MR) is 116 cm³/mol. The van der Waals surface area contributed by atoms with Crippen LogP contribution in [0, 0.1) is 18.3 Å². The Kier molecular flexibility index (Phi) is 5.19. The van der Waals surface area contributed by atoms with Crippen LogP contribution in [-0.4, -0.2) is 38.5 Å². The molecule has 1 aromatic carbocycles. The van der Waals surface area contributed by atoms with Crippen molar-refractivity contribution in [1.82, 2.24) is 14.9 Å². The van der Waals surface area contributed by atoms with Crippen LogP contribution in [0.2, 0.25) is 0 Å². The number of aryl methyl sites for hydroxylation is 1. The molecule has 0 bridgehead atoms. The zero-order valence-corrected chi connectivity index (χ0v) is 18.8. The van der Waals surface area contributed by atoms with Crippen molar-refractivity contribution < 1.29 is 24.2 Å². The number of ether oxygens (including phenoxy) is 1. The Morgan fingerprint density at radius 3 is 2.47 bits per heavy atom. The van der Waals surface area contributed by atoms with Crippen molar-refractivity contribution in [3.05, 3.63) is 58.7 Å². The second-order valence-electron chi connectivity index (χ2n) is 9.37. The molecule has 32 heavy (non-hydrogen) atoms. The van der Waals surface area contributed by atoms with Crippen LogP contribution < -0.4 is 5.32 Å². The van der Waals surface area contributed by atoms with Gasteiger partial charge in [-0.2, -0.15) is 0 Å². The lowest BCUT2D eigenvalue weighted by Crippen LogP contribution is -2.50. The second-order valence-corrected chi connectivity index (χ2v) is 9.37. The Balaban J connectivity index is 1.89. The highest BCUT2D eigenvalue weighted by atomic mass is 16.5. The molecule has 0 amide bonds. The van der Waals surface area contributed by atoms with Crippen LogP contribution in [0.1, 0.15) is 49.6 Å². The van der Waals surface area contributed by atoms with E-state index in [0.29, 0.717) is 11.4 Å². The average Bonchev–Trinajstić information content (AvgIpc) is 3.03. The van der Waals surface area contributed by atoms with Gasteiger partial charge in [-0.25, -0.2) is 4.98 Å². The minimum atomic E-state index is -1.18. The number of aliphatic carboxylic acids is 1. The van der Waals surface area contributed by atoms with Crippen LogP contribution in [0.25, 0.3) is 5.70 Å². The molecule has 0 saturated heterocycles. The lowest BCUT2D eigenvalue weighted by Gasteiger charge is -2.38. The average molecular weight is 437 g/mol. The standard InChI is InChI=1S/C24H27N3O5/c1-12-25-18-15(27(12)5)11-14(22(29)30)16-19(18)26-17(13-9-7-6-8-10-13)21(20(16)28)32-23(31)24(2,3)4/h6-10,14,17,21,26H,11H2,1-5H3,(H,29,30)/t14?,17-,21-/m1/s1. The van der Waals surface area contributed by atoms with Gasteiger partial charge < -0.3 is 19.7 Å². The summed E-state index contributed by atoms with van der Waals surface area (Å²) in [6.45, 7) is 6.97. The molecule has 0 saturated carbocycles. The summed E-state index contributed by atoms with van der Waals surface area (Å²) >= 11 is 0. The normalized spacial score (nSPS) is 22.7. The maximum atomic E-state index is 13.7. The SMILES string of the molecule is Cc1nc2c(n1C)CC(C(=O)O)C1=C2N[C@H](c2ccccc2)[C@@H](OC(=O)C(C)(C)C)C1=O. The highest BCUT2D eigenvalue weighted by molar-refractivity contribution is 6.11. The number of carboxylic acid groups (broad SMARTS) is 1. The summed E-state index contributed by atoms with van der Waals surface area (Å²) in [5, 5.41) is 13.3. The van der Waals surface area contributed by atoms with Crippen molar-refractivity contribution in [2.45, 2.75) is 46.3 Å². The van der Waals surface area contributed by atoms with Crippen LogP contribution >= 0.6 is 0 Å². The molecular formula is C24H27N3O5. The molecule has 1 aliphatic heterocycles. The van der Waals surface area contributed by atoms with Gasteiger partial charge in [0.15, 0.2) is 6.10 Å². The van der Waals surface area contributed by atoms with E-state index in [0.717, 1.165) is 17.1 Å². The summed E-state index contributed by atoms with van der Waals surface area (Å²) in [4.78, 5) is 43.3. The molecule has 3 atom stereocenters. The van der Waals surface area contributed by atoms with Crippen LogP contribution in [0.4, 0.5) is 0 Å². The van der Waals surface area contributed by atoms with E-state index in [1.807, 2.05) is 48.9 Å². The number of carbonyl (C=O) groups is 3. The number of nitrogens with zero attached hydrogens (tertiary/aromatic N) is 2. The number of hydrogen-bond donors (Lipinski definition) is 2. The van der Waals surface area contributed by atoms with Crippen molar-refractivity contribution in [3.8, 4) is 0 Å². The van der Waals surface area contributed by atoms with Gasteiger partial charge in [-0.1, -0.05) is 30.3 Å². The molecule has 2 aromatic rings. The second kappa shape index (κ2) is 7.62. The van der Waals surface area contributed by atoms with Crippen molar-refractivity contribution in [2.24, 2.45) is 18.4 Å². The largest absolute Gasteiger partial charge is 0.481 e. The Labute approximate surface area is 186 Å². The number of aromatic nitrogens is 2. The first kappa shape index (κ1) is 21.8. The summed E-state index contributed by atoms with van der Waals surface area (Å²) < 4.78 is 7.58. The van der Waals surface area contributed by atoms with Gasteiger partial charge in [0, 0.05) is 24.7 Å². The Hall–Kier alpha value is -3.42. The summed E-state index contributed by atoms with van der Waals surface area (Å²) in [5.41, 5.74) is 1.79. The maximum absolute atomic E-state index is 13.7. The van der Waals surface area contributed by atoms with E-state index in [9.17, 15) is 19.5 Å². The molecule has 2 aliphatic rings. The van der Waals surface area contributed by atoms with Gasteiger partial charge in [0.1, 0.15) is 11.5 Å². The van der Waals surface area contributed by atoms with E-state index in [1.165, 1.54) is 0 Å². The molecule has 8 nitrogen and oxygen atoms in total. The van der Waals surface area contributed by atoms with Crippen LogP contribution in [0.3, 0.4) is 0 Å². The molecule has 1 aromatic heterocycles. The quantitative estimate of drug-likeness (QED) is 0.710. The van der Waals surface area contributed by atoms with E-state index in [1.54, 1.807) is 20.8 Å². The Morgan fingerprint density at radius 2 is 1.88 bits per heavy atom. The summed E-state index contributed by atoms with van der Waals surface area (Å²) in [6, 6.07) is 8.55. The number of ketones is 1. The number of nitrogens with one attached hydrogen (secondary N) is 1. The number of carbonyl (C=O) groups excluding carboxylic acids is 2. The minimum Gasteiger partial charge on any atom is -0.481 e. The number of esters is 1. The van der Waals surface area contributed by atoms with Crippen molar-refractivity contribution in [1.29, 1.82) is 0 Å². The molecule has 0 spiro atoms.